The average Bonchev–Trinajstić information content (AvgIpc) is 3.29. The summed E-state index contributed by atoms with van der Waals surface area (Å²) in [6.45, 7) is 0.451. The highest BCUT2D eigenvalue weighted by atomic mass is 32.2. The normalized spacial score (nSPS) is 21.0. The van der Waals surface area contributed by atoms with Crippen molar-refractivity contribution in [3.05, 3.63) is 65.7 Å². The molecule has 1 saturated heterocycles. The van der Waals surface area contributed by atoms with Crippen LogP contribution in [0.25, 0.3) is 0 Å². The predicted molar refractivity (Wildman–Crippen MR) is 76.5 cm³/mol. The van der Waals surface area contributed by atoms with Gasteiger partial charge in [0, 0.05) is 6.54 Å². The van der Waals surface area contributed by atoms with Gasteiger partial charge in [0.1, 0.15) is 0 Å². The van der Waals surface area contributed by atoms with E-state index < -0.39 is 16.0 Å². The highest BCUT2D eigenvalue weighted by Gasteiger charge is 2.45. The molecular formula is C15H13NO4S. The molecule has 0 amide bonds. The summed E-state index contributed by atoms with van der Waals surface area (Å²) < 4.78 is 26.3. The Morgan fingerprint density at radius 1 is 1.05 bits per heavy atom. The quantitative estimate of drug-likeness (QED) is 0.878. The van der Waals surface area contributed by atoms with Gasteiger partial charge in [-0.2, -0.15) is 4.31 Å². The van der Waals surface area contributed by atoms with E-state index in [0.29, 0.717) is 6.54 Å². The number of sulfonamides is 1. The lowest BCUT2D eigenvalue weighted by atomic mass is 10.2. The maximum absolute atomic E-state index is 12.4. The van der Waals surface area contributed by atoms with Gasteiger partial charge >= 0.3 is 5.97 Å². The first-order valence-electron chi connectivity index (χ1n) is 6.40. The largest absolute Gasteiger partial charge is 0.478 e. The van der Waals surface area contributed by atoms with Gasteiger partial charge in [0.2, 0.25) is 10.0 Å². The molecule has 2 unspecified atom stereocenters. The first-order chi connectivity index (χ1) is 10.00. The van der Waals surface area contributed by atoms with E-state index in [2.05, 4.69) is 0 Å². The zero-order valence-corrected chi connectivity index (χ0v) is 11.8. The standard InChI is InChI=1S/C15H13NO4S/c17-15(18)12-6-8-13(9-7-12)21(19,20)16-10-14(16)11-4-2-1-3-5-11/h1-9,14H,10H2,(H,17,18). The Bertz CT molecular complexity index is 769. The summed E-state index contributed by atoms with van der Waals surface area (Å²) in [6, 6.07) is 14.6. The van der Waals surface area contributed by atoms with Crippen molar-refractivity contribution in [1.29, 1.82) is 0 Å². The van der Waals surface area contributed by atoms with Crippen LogP contribution in [-0.2, 0) is 10.0 Å². The van der Waals surface area contributed by atoms with Gasteiger partial charge in [-0.25, -0.2) is 13.2 Å². The Labute approximate surface area is 122 Å². The average molecular weight is 303 g/mol. The van der Waals surface area contributed by atoms with Crippen molar-refractivity contribution in [3.8, 4) is 0 Å². The molecule has 1 fully saturated rings. The van der Waals surface area contributed by atoms with Crippen LogP contribution in [0.15, 0.2) is 59.5 Å². The second-order valence-electron chi connectivity index (χ2n) is 4.83. The highest BCUT2D eigenvalue weighted by Crippen LogP contribution is 2.40. The van der Waals surface area contributed by atoms with Crippen LogP contribution in [0.1, 0.15) is 22.0 Å². The fraction of sp³-hybridized carbons (Fsp3) is 0.133. The summed E-state index contributed by atoms with van der Waals surface area (Å²) in [4.78, 5) is 10.9. The van der Waals surface area contributed by atoms with Crippen LogP contribution >= 0.6 is 0 Å². The molecule has 1 N–H and O–H groups in total. The number of carbonyl (C=O) groups is 1. The van der Waals surface area contributed by atoms with Gasteiger partial charge in [-0.05, 0) is 29.8 Å². The number of hydrogen-bond donors (Lipinski definition) is 1. The number of benzene rings is 2. The molecule has 0 aromatic heterocycles. The number of nitrogens with zero attached hydrogens (tertiary/aromatic N) is 1. The summed E-state index contributed by atoms with van der Waals surface area (Å²) in [5, 5.41) is 8.83. The van der Waals surface area contributed by atoms with Crippen molar-refractivity contribution < 1.29 is 18.3 Å². The molecular weight excluding hydrogens is 290 g/mol. The minimum atomic E-state index is -3.57. The maximum Gasteiger partial charge on any atom is 0.335 e. The van der Waals surface area contributed by atoms with Crippen LogP contribution in [0.3, 0.4) is 0 Å². The Hall–Kier alpha value is -2.18. The summed E-state index contributed by atoms with van der Waals surface area (Å²) >= 11 is 0. The van der Waals surface area contributed by atoms with E-state index in [9.17, 15) is 13.2 Å². The third-order valence-corrected chi connectivity index (χ3v) is 5.35. The molecule has 5 nitrogen and oxygen atoms in total. The van der Waals surface area contributed by atoms with Crippen LogP contribution < -0.4 is 0 Å². The number of carboxylic acids is 1. The lowest BCUT2D eigenvalue weighted by Crippen LogP contribution is -2.13. The van der Waals surface area contributed by atoms with Crippen LogP contribution in [-0.4, -0.2) is 30.3 Å². The molecule has 0 saturated carbocycles. The van der Waals surface area contributed by atoms with Gasteiger partial charge in [0.05, 0.1) is 16.5 Å². The van der Waals surface area contributed by atoms with E-state index >= 15 is 0 Å². The number of aromatic carboxylic acids is 1. The van der Waals surface area contributed by atoms with Crippen molar-refractivity contribution in [2.45, 2.75) is 10.9 Å². The Balaban J connectivity index is 1.84. The molecule has 0 radical (unpaired) electrons. The van der Waals surface area contributed by atoms with Crippen LogP contribution in [0.2, 0.25) is 0 Å². The second-order valence-corrected chi connectivity index (χ2v) is 6.72. The SMILES string of the molecule is O=C(O)c1ccc(S(=O)(=O)N2CC2c2ccccc2)cc1. The molecule has 0 aliphatic carbocycles. The smallest absolute Gasteiger partial charge is 0.335 e. The van der Waals surface area contributed by atoms with Crippen molar-refractivity contribution in [3.63, 3.8) is 0 Å². The molecule has 6 heteroatoms. The molecule has 0 bridgehead atoms. The minimum absolute atomic E-state index is 0.0688. The summed E-state index contributed by atoms with van der Waals surface area (Å²) in [7, 11) is -3.57. The molecule has 108 valence electrons. The first kappa shape index (κ1) is 13.8. The van der Waals surface area contributed by atoms with Gasteiger partial charge in [-0.15, -0.1) is 0 Å². The molecule has 1 heterocycles. The Kier molecular flexibility index (Phi) is 3.27. The lowest BCUT2D eigenvalue weighted by molar-refractivity contribution is 0.0696. The predicted octanol–water partition coefficient (Wildman–Crippen LogP) is 2.13. The van der Waals surface area contributed by atoms with Gasteiger partial charge in [0.15, 0.2) is 0 Å². The molecule has 2 atom stereocenters. The molecule has 2 aromatic rings. The van der Waals surface area contributed by atoms with Crippen molar-refractivity contribution >= 4 is 16.0 Å². The molecule has 2 aromatic carbocycles. The topological polar surface area (TPSA) is 74.5 Å². The van der Waals surface area contributed by atoms with Crippen molar-refractivity contribution in [2.75, 3.05) is 6.54 Å². The zero-order valence-electron chi connectivity index (χ0n) is 11.0. The van der Waals surface area contributed by atoms with E-state index in [0.717, 1.165) is 5.56 Å². The lowest BCUT2D eigenvalue weighted by Gasteiger charge is -2.07. The van der Waals surface area contributed by atoms with Crippen molar-refractivity contribution in [2.24, 2.45) is 0 Å². The highest BCUT2D eigenvalue weighted by molar-refractivity contribution is 7.89. The molecule has 21 heavy (non-hydrogen) atoms. The fourth-order valence-electron chi connectivity index (χ4n) is 2.24. The minimum Gasteiger partial charge on any atom is -0.478 e. The number of carboxylic acid groups (broad SMARTS) is 1. The van der Waals surface area contributed by atoms with E-state index in [1.54, 1.807) is 0 Å². The van der Waals surface area contributed by atoms with E-state index in [4.69, 9.17) is 5.11 Å². The Morgan fingerprint density at radius 3 is 2.24 bits per heavy atom. The second kappa shape index (κ2) is 4.98. The van der Waals surface area contributed by atoms with Gasteiger partial charge in [0.25, 0.3) is 0 Å². The van der Waals surface area contributed by atoms with E-state index in [-0.39, 0.29) is 16.5 Å². The van der Waals surface area contributed by atoms with Crippen LogP contribution in [0, 0.1) is 0 Å². The Morgan fingerprint density at radius 2 is 1.67 bits per heavy atom. The third-order valence-electron chi connectivity index (χ3n) is 3.46. The van der Waals surface area contributed by atoms with E-state index in [1.165, 1.54) is 28.6 Å². The maximum atomic E-state index is 12.4. The monoisotopic (exact) mass is 303 g/mol. The summed E-state index contributed by atoms with van der Waals surface area (Å²) in [5.41, 5.74) is 1.03. The van der Waals surface area contributed by atoms with E-state index in [1.807, 2.05) is 30.3 Å². The van der Waals surface area contributed by atoms with Crippen molar-refractivity contribution in [1.82, 2.24) is 4.31 Å². The van der Waals surface area contributed by atoms with Crippen LogP contribution in [0.5, 0.6) is 0 Å². The summed E-state index contributed by atoms with van der Waals surface area (Å²) in [6.07, 6.45) is 0. The van der Waals surface area contributed by atoms with Gasteiger partial charge < -0.3 is 5.11 Å². The molecule has 3 rings (SSSR count). The third kappa shape index (κ3) is 2.55. The first-order valence-corrected chi connectivity index (χ1v) is 7.84. The summed E-state index contributed by atoms with van der Waals surface area (Å²) in [5.74, 6) is -1.08. The molecule has 1 aliphatic rings. The fourth-order valence-corrected chi connectivity index (χ4v) is 3.79. The number of hydrogen-bond acceptors (Lipinski definition) is 3. The van der Waals surface area contributed by atoms with Gasteiger partial charge in [-0.1, -0.05) is 30.3 Å². The zero-order chi connectivity index (χ0) is 15.0. The molecule has 0 spiro atoms. The molecule has 1 aliphatic heterocycles. The number of rotatable bonds is 4. The van der Waals surface area contributed by atoms with Gasteiger partial charge in [-0.3, -0.25) is 0 Å². The van der Waals surface area contributed by atoms with Crippen LogP contribution in [0.4, 0.5) is 0 Å².